The molecular formula is C4H12NSi. The number of hydrogen-bond donors (Lipinski definition) is 1. The van der Waals surface area contributed by atoms with Gasteiger partial charge in [0, 0.05) is 0 Å². The second-order valence-corrected chi connectivity index (χ2v) is 2.84. The third-order valence-electron chi connectivity index (χ3n) is 0.637. The van der Waals surface area contributed by atoms with Crippen LogP contribution in [0.4, 0.5) is 0 Å². The van der Waals surface area contributed by atoms with Crippen LogP contribution in [0.5, 0.6) is 0 Å². The minimum absolute atomic E-state index is 0.568. The van der Waals surface area contributed by atoms with E-state index in [0.717, 1.165) is 0 Å². The molecule has 0 saturated carbocycles. The van der Waals surface area contributed by atoms with Crippen LogP contribution in [0.3, 0.4) is 0 Å². The quantitative estimate of drug-likeness (QED) is 0.401. The lowest BCUT2D eigenvalue weighted by molar-refractivity contribution is 1.05. The number of nitrogens with one attached hydrogen (secondary N) is 1. The largest absolute Gasteiger partial charge is 0.343 e. The van der Waals surface area contributed by atoms with Crippen molar-refractivity contribution in [1.82, 2.24) is 4.98 Å². The van der Waals surface area contributed by atoms with Gasteiger partial charge in [-0.05, 0) is 13.1 Å². The van der Waals surface area contributed by atoms with Crippen LogP contribution in [0, 0.1) is 0 Å². The Kier molecular flexibility index (Phi) is 5.33. The first-order valence-corrected chi connectivity index (χ1v) is 3.80. The van der Waals surface area contributed by atoms with Crippen LogP contribution in [0.2, 0.25) is 6.04 Å². The van der Waals surface area contributed by atoms with Gasteiger partial charge in [-0.15, -0.1) is 0 Å². The molecule has 0 aliphatic heterocycles. The predicted molar refractivity (Wildman–Crippen MR) is 31.3 cm³/mol. The third-order valence-corrected chi connectivity index (χ3v) is 1.91. The van der Waals surface area contributed by atoms with E-state index in [1.807, 2.05) is 7.05 Å². The molecule has 0 amide bonds. The van der Waals surface area contributed by atoms with Gasteiger partial charge in [-0.3, -0.25) is 0 Å². The van der Waals surface area contributed by atoms with Crippen LogP contribution in [-0.4, -0.2) is 16.7 Å². The first-order valence-electron chi connectivity index (χ1n) is 2.40. The zero-order chi connectivity index (χ0) is 4.83. The summed E-state index contributed by atoms with van der Waals surface area (Å²) in [6.45, 7) is 2.21. The lowest BCUT2D eigenvalue weighted by Gasteiger charge is -1.87. The Balaban J connectivity index is 2.34. The Morgan fingerprint density at radius 2 is 2.33 bits per heavy atom. The van der Waals surface area contributed by atoms with Gasteiger partial charge in [-0.1, -0.05) is 13.3 Å². The molecule has 0 spiro atoms. The van der Waals surface area contributed by atoms with Crippen molar-refractivity contribution in [2.45, 2.75) is 19.4 Å². The molecule has 0 heterocycles. The summed E-state index contributed by atoms with van der Waals surface area (Å²) in [6.07, 6.45) is 1.33. The van der Waals surface area contributed by atoms with Gasteiger partial charge in [0.25, 0.3) is 0 Å². The summed E-state index contributed by atoms with van der Waals surface area (Å²) in [5, 5.41) is 0. The van der Waals surface area contributed by atoms with E-state index in [1.54, 1.807) is 0 Å². The van der Waals surface area contributed by atoms with Gasteiger partial charge in [0.2, 0.25) is 0 Å². The second-order valence-electron chi connectivity index (χ2n) is 1.28. The maximum Gasteiger partial charge on any atom is 0.113 e. The fourth-order valence-corrected chi connectivity index (χ4v) is 0.866. The number of hydrogen-bond acceptors (Lipinski definition) is 1. The van der Waals surface area contributed by atoms with E-state index in [-0.39, 0.29) is 0 Å². The van der Waals surface area contributed by atoms with Crippen LogP contribution in [0.25, 0.3) is 0 Å². The molecule has 0 atom stereocenters. The zero-order valence-electron chi connectivity index (χ0n) is 4.49. The summed E-state index contributed by atoms with van der Waals surface area (Å²) < 4.78 is 0. The van der Waals surface area contributed by atoms with Crippen molar-refractivity contribution in [1.29, 1.82) is 0 Å². The average Bonchev–Trinajstić information content (AvgIpc) is 1.61. The van der Waals surface area contributed by atoms with Crippen LogP contribution in [0.1, 0.15) is 13.3 Å². The van der Waals surface area contributed by atoms with Crippen molar-refractivity contribution in [3.8, 4) is 0 Å². The molecule has 0 aromatic carbocycles. The highest BCUT2D eigenvalue weighted by Crippen LogP contribution is 1.79. The molecule has 0 fully saturated rings. The lowest BCUT2D eigenvalue weighted by atomic mass is 10.6. The minimum Gasteiger partial charge on any atom is -0.343 e. The summed E-state index contributed by atoms with van der Waals surface area (Å²) in [5.41, 5.74) is 0. The fraction of sp³-hybridized carbons (Fsp3) is 1.00. The Morgan fingerprint density at radius 3 is 2.50 bits per heavy atom. The Morgan fingerprint density at radius 1 is 1.67 bits per heavy atom. The SMILES string of the molecule is CCC[SiH]NC. The topological polar surface area (TPSA) is 12.0 Å². The first kappa shape index (κ1) is 6.18. The Bertz CT molecular complexity index is 19.5. The molecule has 0 saturated heterocycles. The Labute approximate surface area is 42.0 Å². The molecule has 1 nitrogen and oxygen atoms in total. The molecule has 0 aromatic heterocycles. The molecule has 0 aliphatic rings. The molecule has 6 heavy (non-hydrogen) atoms. The molecule has 0 aliphatic carbocycles. The van der Waals surface area contributed by atoms with Gasteiger partial charge in [0.1, 0.15) is 9.68 Å². The molecule has 1 radical (unpaired) electrons. The maximum atomic E-state index is 3.15. The van der Waals surface area contributed by atoms with E-state index in [2.05, 4.69) is 11.9 Å². The third kappa shape index (κ3) is 4.18. The summed E-state index contributed by atoms with van der Waals surface area (Å²) >= 11 is 0. The van der Waals surface area contributed by atoms with E-state index in [9.17, 15) is 0 Å². The van der Waals surface area contributed by atoms with Crippen LogP contribution < -0.4 is 4.98 Å². The normalized spacial score (nSPS) is 9.00. The van der Waals surface area contributed by atoms with Crippen molar-refractivity contribution < 1.29 is 0 Å². The van der Waals surface area contributed by atoms with Crippen LogP contribution in [0.15, 0.2) is 0 Å². The van der Waals surface area contributed by atoms with E-state index < -0.39 is 0 Å². The fourth-order valence-electron chi connectivity index (χ4n) is 0.289. The highest BCUT2D eigenvalue weighted by Gasteiger charge is 1.76. The summed E-state index contributed by atoms with van der Waals surface area (Å²) in [7, 11) is 2.59. The maximum absolute atomic E-state index is 3.15. The first-order chi connectivity index (χ1) is 2.91. The highest BCUT2D eigenvalue weighted by molar-refractivity contribution is 6.31. The molecule has 0 unspecified atom stereocenters. The van der Waals surface area contributed by atoms with Crippen molar-refractivity contribution in [3.63, 3.8) is 0 Å². The monoisotopic (exact) mass is 102 g/mol. The minimum atomic E-state index is 0.568. The van der Waals surface area contributed by atoms with Gasteiger partial charge in [-0.25, -0.2) is 0 Å². The lowest BCUT2D eigenvalue weighted by Crippen LogP contribution is -2.10. The van der Waals surface area contributed by atoms with Gasteiger partial charge < -0.3 is 4.98 Å². The molecule has 1 N–H and O–H groups in total. The molecule has 37 valence electrons. The van der Waals surface area contributed by atoms with E-state index in [0.29, 0.717) is 9.68 Å². The Hall–Kier alpha value is 0.177. The molecule has 0 bridgehead atoms. The van der Waals surface area contributed by atoms with Crippen LogP contribution in [-0.2, 0) is 0 Å². The second kappa shape index (κ2) is 5.18. The molecular weight excluding hydrogens is 90.1 g/mol. The van der Waals surface area contributed by atoms with E-state index >= 15 is 0 Å². The molecule has 0 aromatic rings. The standard InChI is InChI=1S/C4H12NSi/c1-3-4-6-5-2/h5-6H,3-4H2,1-2H3. The van der Waals surface area contributed by atoms with E-state index in [4.69, 9.17) is 0 Å². The summed E-state index contributed by atoms with van der Waals surface area (Å²) in [5.74, 6) is 0. The van der Waals surface area contributed by atoms with E-state index in [1.165, 1.54) is 12.5 Å². The van der Waals surface area contributed by atoms with Gasteiger partial charge in [0.15, 0.2) is 0 Å². The van der Waals surface area contributed by atoms with Crippen molar-refractivity contribution in [2.75, 3.05) is 7.05 Å². The van der Waals surface area contributed by atoms with Gasteiger partial charge >= 0.3 is 0 Å². The smallest absolute Gasteiger partial charge is 0.113 e. The number of rotatable bonds is 3. The van der Waals surface area contributed by atoms with Crippen molar-refractivity contribution in [3.05, 3.63) is 0 Å². The van der Waals surface area contributed by atoms with Crippen molar-refractivity contribution in [2.24, 2.45) is 0 Å². The zero-order valence-corrected chi connectivity index (χ0v) is 5.65. The predicted octanol–water partition coefficient (Wildman–Crippen LogP) is 0.386. The highest BCUT2D eigenvalue weighted by atomic mass is 28.2. The van der Waals surface area contributed by atoms with Gasteiger partial charge in [0.05, 0.1) is 0 Å². The van der Waals surface area contributed by atoms with Crippen molar-refractivity contribution >= 4 is 9.68 Å². The molecule has 2 heteroatoms. The molecule has 0 rings (SSSR count). The van der Waals surface area contributed by atoms with Crippen LogP contribution >= 0.6 is 0 Å². The van der Waals surface area contributed by atoms with Gasteiger partial charge in [-0.2, -0.15) is 0 Å². The summed E-state index contributed by atoms with van der Waals surface area (Å²) in [4.78, 5) is 3.15. The average molecular weight is 102 g/mol. The summed E-state index contributed by atoms with van der Waals surface area (Å²) in [6, 6.07) is 1.39.